The zero-order chi connectivity index (χ0) is 18.5. The van der Waals surface area contributed by atoms with Gasteiger partial charge in [-0.2, -0.15) is 0 Å². The Morgan fingerprint density at radius 3 is 2.69 bits per heavy atom. The first-order chi connectivity index (χ1) is 12.6. The van der Waals surface area contributed by atoms with Crippen LogP contribution in [0.2, 0.25) is 0 Å². The van der Waals surface area contributed by atoms with E-state index in [4.69, 9.17) is 15.2 Å². The molecule has 0 aliphatic carbocycles. The van der Waals surface area contributed by atoms with Gasteiger partial charge in [0.2, 0.25) is 0 Å². The second-order valence-electron chi connectivity index (χ2n) is 6.58. The van der Waals surface area contributed by atoms with Crippen LogP contribution in [0.5, 0.6) is 5.75 Å². The van der Waals surface area contributed by atoms with Gasteiger partial charge in [0.1, 0.15) is 5.75 Å². The fourth-order valence-corrected chi connectivity index (χ4v) is 3.33. The molecular formula is C21H26N2O3. The predicted molar refractivity (Wildman–Crippen MR) is 102 cm³/mol. The second-order valence-corrected chi connectivity index (χ2v) is 6.58. The molecule has 1 heterocycles. The molecule has 0 spiro atoms. The molecule has 138 valence electrons. The molecule has 1 amide bonds. The van der Waals surface area contributed by atoms with Gasteiger partial charge in [-0.25, -0.2) is 0 Å². The monoisotopic (exact) mass is 354 g/mol. The van der Waals surface area contributed by atoms with E-state index in [0.29, 0.717) is 31.8 Å². The van der Waals surface area contributed by atoms with Crippen LogP contribution in [-0.4, -0.2) is 50.3 Å². The molecule has 1 fully saturated rings. The highest BCUT2D eigenvalue weighted by Crippen LogP contribution is 2.27. The average molecular weight is 354 g/mol. The van der Waals surface area contributed by atoms with E-state index in [9.17, 15) is 4.79 Å². The van der Waals surface area contributed by atoms with Gasteiger partial charge in [0.05, 0.1) is 19.8 Å². The van der Waals surface area contributed by atoms with E-state index in [-0.39, 0.29) is 12.0 Å². The third kappa shape index (κ3) is 4.06. The zero-order valence-corrected chi connectivity index (χ0v) is 15.4. The van der Waals surface area contributed by atoms with Crippen molar-refractivity contribution in [2.45, 2.75) is 19.4 Å². The first kappa shape index (κ1) is 18.4. The summed E-state index contributed by atoms with van der Waals surface area (Å²) >= 11 is 0. The Labute approximate surface area is 154 Å². The van der Waals surface area contributed by atoms with E-state index in [1.165, 1.54) is 0 Å². The predicted octanol–water partition coefficient (Wildman–Crippen LogP) is 2.86. The number of hydrogen-bond acceptors (Lipinski definition) is 4. The summed E-state index contributed by atoms with van der Waals surface area (Å²) in [5.74, 6) is 0.894. The SMILES string of the molecule is COc1ccc(-c2ccc(C(=O)N3CCO[C@@H](CCN)C3)cc2)c(C)c1. The van der Waals surface area contributed by atoms with Crippen molar-refractivity contribution in [1.82, 2.24) is 4.90 Å². The molecule has 0 unspecified atom stereocenters. The lowest BCUT2D eigenvalue weighted by Crippen LogP contribution is -2.46. The molecule has 3 rings (SSSR count). The van der Waals surface area contributed by atoms with Crippen LogP contribution in [0.1, 0.15) is 22.3 Å². The Bertz CT molecular complexity index is 756. The first-order valence-corrected chi connectivity index (χ1v) is 8.98. The molecular weight excluding hydrogens is 328 g/mol. The van der Waals surface area contributed by atoms with E-state index in [1.807, 2.05) is 47.4 Å². The molecule has 2 N–H and O–H groups in total. The first-order valence-electron chi connectivity index (χ1n) is 8.98. The molecule has 5 heteroatoms. The second kappa shape index (κ2) is 8.34. The molecule has 1 aliphatic heterocycles. The summed E-state index contributed by atoms with van der Waals surface area (Å²) in [6.07, 6.45) is 0.818. The van der Waals surface area contributed by atoms with Gasteiger partial charge < -0.3 is 20.1 Å². The summed E-state index contributed by atoms with van der Waals surface area (Å²) in [5, 5.41) is 0. The highest BCUT2D eigenvalue weighted by atomic mass is 16.5. The van der Waals surface area contributed by atoms with Gasteiger partial charge in [-0.05, 0) is 60.8 Å². The molecule has 1 aliphatic rings. The molecule has 0 aromatic heterocycles. The molecule has 26 heavy (non-hydrogen) atoms. The van der Waals surface area contributed by atoms with Gasteiger partial charge >= 0.3 is 0 Å². The number of nitrogens with two attached hydrogens (primary N) is 1. The summed E-state index contributed by atoms with van der Waals surface area (Å²) in [5.41, 5.74) is 9.67. The number of ether oxygens (including phenoxy) is 2. The molecule has 5 nitrogen and oxygen atoms in total. The summed E-state index contributed by atoms with van der Waals surface area (Å²) in [4.78, 5) is 14.6. The van der Waals surface area contributed by atoms with E-state index in [2.05, 4.69) is 6.92 Å². The standard InChI is InChI=1S/C21H26N2O3/c1-15-13-18(25-2)7-8-20(15)16-3-5-17(6-4-16)21(24)23-11-12-26-19(14-23)9-10-22/h3-8,13,19H,9-12,14,22H2,1-2H3/t19-/m0/s1. The number of benzene rings is 2. The van der Waals surface area contributed by atoms with Crippen LogP contribution in [-0.2, 0) is 4.74 Å². The van der Waals surface area contributed by atoms with Crippen molar-refractivity contribution in [3.05, 3.63) is 53.6 Å². The number of carbonyl (C=O) groups is 1. The van der Waals surface area contributed by atoms with Crippen molar-refractivity contribution >= 4 is 5.91 Å². The Morgan fingerprint density at radius 1 is 1.27 bits per heavy atom. The molecule has 0 saturated carbocycles. The average Bonchev–Trinajstić information content (AvgIpc) is 2.68. The van der Waals surface area contributed by atoms with Crippen LogP contribution in [0.15, 0.2) is 42.5 Å². The van der Waals surface area contributed by atoms with Crippen LogP contribution in [0.3, 0.4) is 0 Å². The summed E-state index contributed by atoms with van der Waals surface area (Å²) < 4.78 is 10.9. The number of methoxy groups -OCH3 is 1. The van der Waals surface area contributed by atoms with Gasteiger partial charge in [0.25, 0.3) is 5.91 Å². The minimum absolute atomic E-state index is 0.0407. The number of nitrogens with zero attached hydrogens (tertiary/aromatic N) is 1. The smallest absolute Gasteiger partial charge is 0.254 e. The molecule has 0 radical (unpaired) electrons. The van der Waals surface area contributed by atoms with Crippen molar-refractivity contribution in [1.29, 1.82) is 0 Å². The zero-order valence-electron chi connectivity index (χ0n) is 15.4. The number of carbonyl (C=O) groups excluding carboxylic acids is 1. The maximum Gasteiger partial charge on any atom is 0.254 e. The third-order valence-electron chi connectivity index (χ3n) is 4.79. The highest BCUT2D eigenvalue weighted by molar-refractivity contribution is 5.94. The fourth-order valence-electron chi connectivity index (χ4n) is 3.33. The van der Waals surface area contributed by atoms with E-state index in [1.54, 1.807) is 7.11 Å². The van der Waals surface area contributed by atoms with Crippen LogP contribution in [0.25, 0.3) is 11.1 Å². The van der Waals surface area contributed by atoms with Crippen LogP contribution in [0.4, 0.5) is 0 Å². The molecule has 2 aromatic carbocycles. The van der Waals surface area contributed by atoms with E-state index >= 15 is 0 Å². The van der Waals surface area contributed by atoms with Crippen LogP contribution < -0.4 is 10.5 Å². The lowest BCUT2D eigenvalue weighted by molar-refractivity contribution is -0.0236. The lowest BCUT2D eigenvalue weighted by Gasteiger charge is -2.33. The number of hydrogen-bond donors (Lipinski definition) is 1. The molecule has 0 bridgehead atoms. The maximum absolute atomic E-state index is 12.8. The van der Waals surface area contributed by atoms with Crippen molar-refractivity contribution in [2.24, 2.45) is 5.73 Å². The molecule has 2 aromatic rings. The quantitative estimate of drug-likeness (QED) is 0.897. The summed E-state index contributed by atoms with van der Waals surface area (Å²) in [7, 11) is 1.67. The van der Waals surface area contributed by atoms with Gasteiger partial charge in [-0.15, -0.1) is 0 Å². The van der Waals surface area contributed by atoms with E-state index in [0.717, 1.165) is 28.9 Å². The fraction of sp³-hybridized carbons (Fsp3) is 0.381. The molecule has 1 atom stereocenters. The number of aryl methyl sites for hydroxylation is 1. The van der Waals surface area contributed by atoms with Gasteiger partial charge in [-0.3, -0.25) is 4.79 Å². The Kier molecular flexibility index (Phi) is 5.91. The summed E-state index contributed by atoms with van der Waals surface area (Å²) in [6.45, 7) is 4.43. The third-order valence-corrected chi connectivity index (χ3v) is 4.79. The summed E-state index contributed by atoms with van der Waals surface area (Å²) in [6, 6.07) is 13.8. The molecule has 1 saturated heterocycles. The number of amides is 1. The van der Waals surface area contributed by atoms with Crippen molar-refractivity contribution in [3.63, 3.8) is 0 Å². The number of rotatable bonds is 5. The van der Waals surface area contributed by atoms with Gasteiger partial charge in [0, 0.05) is 18.7 Å². The van der Waals surface area contributed by atoms with E-state index < -0.39 is 0 Å². The normalized spacial score (nSPS) is 17.2. The van der Waals surface area contributed by atoms with Crippen molar-refractivity contribution < 1.29 is 14.3 Å². The van der Waals surface area contributed by atoms with Crippen molar-refractivity contribution in [2.75, 3.05) is 33.4 Å². The Hall–Kier alpha value is -2.37. The maximum atomic E-state index is 12.8. The van der Waals surface area contributed by atoms with Gasteiger partial charge in [-0.1, -0.05) is 18.2 Å². The highest BCUT2D eigenvalue weighted by Gasteiger charge is 2.24. The van der Waals surface area contributed by atoms with Crippen LogP contribution in [0, 0.1) is 6.92 Å². The minimum atomic E-state index is 0.0407. The minimum Gasteiger partial charge on any atom is -0.497 e. The van der Waals surface area contributed by atoms with Crippen molar-refractivity contribution in [3.8, 4) is 16.9 Å². The lowest BCUT2D eigenvalue weighted by atomic mass is 9.99. The largest absolute Gasteiger partial charge is 0.497 e. The van der Waals surface area contributed by atoms with Crippen LogP contribution >= 0.6 is 0 Å². The van der Waals surface area contributed by atoms with Gasteiger partial charge in [0.15, 0.2) is 0 Å². The topological polar surface area (TPSA) is 64.8 Å². The number of morpholine rings is 1. The Balaban J connectivity index is 1.74. The Morgan fingerprint density at radius 2 is 2.04 bits per heavy atom.